The lowest BCUT2D eigenvalue weighted by Crippen LogP contribution is -2.64. The summed E-state index contributed by atoms with van der Waals surface area (Å²) in [6, 6.07) is 7.76. The van der Waals surface area contributed by atoms with Crippen LogP contribution in [0.25, 0.3) is 11.0 Å². The molecule has 1 saturated carbocycles. The van der Waals surface area contributed by atoms with Crippen molar-refractivity contribution < 1.29 is 33.7 Å². The minimum absolute atomic E-state index is 0.0188. The molecule has 2 fully saturated rings. The Balaban J connectivity index is 1.27. The summed E-state index contributed by atoms with van der Waals surface area (Å²) in [6.45, 7) is 6.96. The number of pyridine rings is 1. The molecule has 12 nitrogen and oxygen atoms in total. The maximum absolute atomic E-state index is 14.2. The van der Waals surface area contributed by atoms with E-state index in [1.165, 1.54) is 0 Å². The monoisotopic (exact) mass is 858 g/mol. The molecule has 322 valence electrons. The van der Waals surface area contributed by atoms with Crippen molar-refractivity contribution in [1.82, 2.24) is 15.2 Å². The number of nitrogens with two attached hydrogens (primary N) is 1. The number of hydrogen-bond donors (Lipinski definition) is 4. The zero-order valence-corrected chi connectivity index (χ0v) is 36.7. The van der Waals surface area contributed by atoms with Gasteiger partial charge in [-0.15, -0.1) is 0 Å². The molecule has 60 heavy (non-hydrogen) atoms. The number of nitrogens with one attached hydrogen (secondary N) is 1. The Hall–Kier alpha value is -3.82. The number of benzene rings is 1. The molecule has 2 aliphatic carbocycles. The molecule has 14 heteroatoms. The van der Waals surface area contributed by atoms with E-state index in [4.69, 9.17) is 19.6 Å². The normalized spacial score (nSPS) is 28.0. The number of amides is 1. The van der Waals surface area contributed by atoms with Gasteiger partial charge in [0.15, 0.2) is 11.2 Å². The van der Waals surface area contributed by atoms with Crippen molar-refractivity contribution in [3.8, 4) is 5.75 Å². The first kappa shape index (κ1) is 42.9. The van der Waals surface area contributed by atoms with Crippen LogP contribution in [0.3, 0.4) is 0 Å². The van der Waals surface area contributed by atoms with Crippen molar-refractivity contribution in [2.75, 3.05) is 50.6 Å². The summed E-state index contributed by atoms with van der Waals surface area (Å²) in [4.78, 5) is 48.6. The van der Waals surface area contributed by atoms with Gasteiger partial charge in [-0.1, -0.05) is 52.2 Å². The minimum atomic E-state index is -1.21. The lowest BCUT2D eigenvalue weighted by Gasteiger charge is -2.52. The van der Waals surface area contributed by atoms with E-state index in [-0.39, 0.29) is 37.5 Å². The second-order valence-corrected chi connectivity index (χ2v) is 20.2. The summed E-state index contributed by atoms with van der Waals surface area (Å²) >= 11 is 0. The molecule has 0 radical (unpaired) electrons. The van der Waals surface area contributed by atoms with Crippen LogP contribution < -0.4 is 21.4 Å². The maximum atomic E-state index is 14.2. The summed E-state index contributed by atoms with van der Waals surface area (Å²) < 4.78 is 20.1. The lowest BCUT2D eigenvalue weighted by molar-refractivity contribution is -0.183. The number of aliphatic hydroxyl groups excluding tert-OH is 2. The van der Waals surface area contributed by atoms with E-state index >= 15 is 0 Å². The van der Waals surface area contributed by atoms with Crippen LogP contribution in [0.2, 0.25) is 0 Å². The number of anilines is 1. The summed E-state index contributed by atoms with van der Waals surface area (Å²) in [5.41, 5.74) is 8.07. The number of rotatable bonds is 10. The van der Waals surface area contributed by atoms with Gasteiger partial charge in [0.1, 0.15) is 17.2 Å². The van der Waals surface area contributed by atoms with E-state index in [1.807, 2.05) is 44.0 Å². The van der Waals surface area contributed by atoms with Crippen LogP contribution in [0.1, 0.15) is 93.9 Å². The molecule has 5 heterocycles. The second kappa shape index (κ2) is 17.2. The Labute approximate surface area is 359 Å². The number of aromatic nitrogens is 1. The summed E-state index contributed by atoms with van der Waals surface area (Å²) in [7, 11) is 5.48. The van der Waals surface area contributed by atoms with Crippen molar-refractivity contribution in [3.63, 3.8) is 0 Å². The van der Waals surface area contributed by atoms with Gasteiger partial charge in [0, 0.05) is 96.8 Å². The number of nitrogens with zero attached hydrogens (tertiary/aromatic N) is 2. The molecule has 8 rings (SSSR count). The smallest absolute Gasteiger partial charge is 0.340 e. The summed E-state index contributed by atoms with van der Waals surface area (Å²) in [6.07, 6.45) is 11.0. The zero-order chi connectivity index (χ0) is 42.4. The fraction of sp³-hybridized carbons (Fsp3) is 0.565. The molecule has 0 unspecified atom stereocenters. The number of esters is 1. The van der Waals surface area contributed by atoms with Crippen molar-refractivity contribution in [2.45, 2.75) is 107 Å². The zero-order valence-electron chi connectivity index (χ0n) is 35.1. The van der Waals surface area contributed by atoms with Crippen molar-refractivity contribution in [1.29, 1.82) is 0 Å². The predicted octanol–water partition coefficient (Wildman–Crippen LogP) is 6.00. The molecular formula is C46H58N4O8S2. The number of carbonyl (C=O) groups is 2. The van der Waals surface area contributed by atoms with Crippen LogP contribution in [0.5, 0.6) is 5.75 Å². The SMILES string of the molecule is C/C=C(\C)C(=O)O[C@]1(C)CC=C2CSSC[C@@H]3[C@H](CNC)CN3C(=O)Cc3cnc(N)cc3[C@H]2[C@]12Cc1cc3cc(C4([C@H](CO)CCCO)CCCC4)c(=O)oc3cc1O2. The fourth-order valence-electron chi connectivity index (χ4n) is 10.9. The third kappa shape index (κ3) is 7.37. The number of fused-ring (bicyclic) bond motifs is 7. The van der Waals surface area contributed by atoms with Gasteiger partial charge in [-0.05, 0) is 94.3 Å². The van der Waals surface area contributed by atoms with Crippen molar-refractivity contribution >= 4 is 50.3 Å². The first-order valence-corrected chi connectivity index (χ1v) is 23.9. The predicted molar refractivity (Wildman–Crippen MR) is 236 cm³/mol. The maximum Gasteiger partial charge on any atom is 0.340 e. The van der Waals surface area contributed by atoms with Crippen LogP contribution in [-0.2, 0) is 32.6 Å². The highest BCUT2D eigenvalue weighted by Gasteiger charge is 2.64. The number of allylic oxidation sites excluding steroid dienone is 1. The number of ether oxygens (including phenoxy) is 2. The minimum Gasteiger partial charge on any atom is -0.481 e. The van der Waals surface area contributed by atoms with Gasteiger partial charge in [0.25, 0.3) is 0 Å². The number of aliphatic hydroxyl groups is 2. The van der Waals surface area contributed by atoms with Gasteiger partial charge >= 0.3 is 11.6 Å². The lowest BCUT2D eigenvalue weighted by atomic mass is 9.61. The van der Waals surface area contributed by atoms with Gasteiger partial charge in [-0.2, -0.15) is 0 Å². The summed E-state index contributed by atoms with van der Waals surface area (Å²) in [5.74, 6) is 1.59. The van der Waals surface area contributed by atoms with E-state index in [9.17, 15) is 24.6 Å². The molecule has 0 bridgehead atoms. The Morgan fingerprint density at radius 1 is 1.17 bits per heavy atom. The summed E-state index contributed by atoms with van der Waals surface area (Å²) in [5, 5.41) is 24.3. The van der Waals surface area contributed by atoms with Gasteiger partial charge in [-0.3, -0.25) is 4.79 Å². The first-order chi connectivity index (χ1) is 28.9. The highest BCUT2D eigenvalue weighted by Crippen LogP contribution is 2.59. The quantitative estimate of drug-likeness (QED) is 0.0615. The topological polar surface area (TPSA) is 177 Å². The molecule has 3 aliphatic heterocycles. The van der Waals surface area contributed by atoms with Crippen LogP contribution in [-0.4, -0.2) is 94.1 Å². The molecule has 3 aromatic rings. The van der Waals surface area contributed by atoms with Crippen LogP contribution >= 0.6 is 21.6 Å². The molecule has 1 amide bonds. The Morgan fingerprint density at radius 3 is 2.70 bits per heavy atom. The van der Waals surface area contributed by atoms with Gasteiger partial charge in [0.05, 0.1) is 12.3 Å². The van der Waals surface area contributed by atoms with Gasteiger partial charge in [-0.25, -0.2) is 14.6 Å². The highest BCUT2D eigenvalue weighted by molar-refractivity contribution is 8.76. The molecular weight excluding hydrogens is 801 g/mol. The average molecular weight is 859 g/mol. The molecule has 5 aliphatic rings. The third-order valence-corrected chi connectivity index (χ3v) is 16.7. The number of nitrogen functional groups attached to an aromatic ring is 1. The number of hydrogen-bond acceptors (Lipinski definition) is 13. The van der Waals surface area contributed by atoms with Crippen molar-refractivity contribution in [3.05, 3.63) is 86.4 Å². The van der Waals surface area contributed by atoms with Crippen molar-refractivity contribution in [2.24, 2.45) is 11.8 Å². The fourth-order valence-corrected chi connectivity index (χ4v) is 13.5. The number of carbonyl (C=O) groups excluding carboxylic acids is 2. The van der Waals surface area contributed by atoms with E-state index in [1.54, 1.807) is 46.9 Å². The molecule has 1 saturated heterocycles. The Bertz CT molecular complexity index is 2270. The highest BCUT2D eigenvalue weighted by atomic mass is 33.1. The molecule has 1 aromatic carbocycles. The van der Waals surface area contributed by atoms with Crippen LogP contribution in [0.4, 0.5) is 5.82 Å². The average Bonchev–Trinajstić information content (AvgIpc) is 3.86. The largest absolute Gasteiger partial charge is 0.481 e. The Kier molecular flexibility index (Phi) is 12.3. The molecule has 6 atom stereocenters. The second-order valence-electron chi connectivity index (χ2n) is 17.7. The molecule has 5 N–H and O–H groups in total. The first-order valence-electron chi connectivity index (χ1n) is 21.4. The van der Waals surface area contributed by atoms with Gasteiger partial charge in [0.2, 0.25) is 5.91 Å². The van der Waals surface area contributed by atoms with E-state index < -0.39 is 34.1 Å². The van der Waals surface area contributed by atoms with E-state index in [0.717, 1.165) is 65.6 Å². The molecule has 2 aromatic heterocycles. The van der Waals surface area contributed by atoms with Crippen LogP contribution in [0.15, 0.2) is 63.0 Å². The standard InChI is InChI=1S/C46H58N4O8S2/c1-5-27(2)42(54)58-44(3)13-10-28-25-59-60-26-36-32(21-48-4)23-50(36)40(53)17-31-22-49-39(47)18-34(31)41(28)46(44)20-30-15-29-16-35(43(55)56-37(29)19-38(30)57-46)45(11-6-7-12-45)33(24-52)9-8-14-51/h5,10,15-16,18-19,22,32-33,36,41,48,51-52H,6-9,11-14,17,20-21,23-26H2,1-4H3,(H2,47,49)/b27-5+/t32-,33+,36-,41+,44-,46-/m1/s1. The molecule has 1 spiro atoms. The van der Waals surface area contributed by atoms with Crippen LogP contribution in [0, 0.1) is 11.8 Å². The third-order valence-electron chi connectivity index (χ3n) is 14.4. The van der Waals surface area contributed by atoms with E-state index in [2.05, 4.69) is 16.4 Å². The Morgan fingerprint density at radius 2 is 1.97 bits per heavy atom. The van der Waals surface area contributed by atoms with Gasteiger partial charge < -0.3 is 40.1 Å². The van der Waals surface area contributed by atoms with E-state index in [0.29, 0.717) is 72.2 Å².